The zero-order chi connectivity index (χ0) is 9.14. The standard InChI is InChI=1S/C10H17NO/c1-7(2)10(11)6-9-5-4-8(3)12-9/h4-5,7,10H,6,11H2,1-3H3. The molecular weight excluding hydrogens is 150 g/mol. The van der Waals surface area contributed by atoms with Crippen LogP contribution in [0.1, 0.15) is 25.4 Å². The van der Waals surface area contributed by atoms with Crippen LogP contribution >= 0.6 is 0 Å². The van der Waals surface area contributed by atoms with Gasteiger partial charge in [-0.3, -0.25) is 0 Å². The third-order valence-corrected chi connectivity index (χ3v) is 2.09. The molecule has 2 nitrogen and oxygen atoms in total. The van der Waals surface area contributed by atoms with Gasteiger partial charge in [-0.15, -0.1) is 0 Å². The Hall–Kier alpha value is -0.760. The molecule has 12 heavy (non-hydrogen) atoms. The van der Waals surface area contributed by atoms with Gasteiger partial charge in [-0.2, -0.15) is 0 Å². The van der Waals surface area contributed by atoms with Crippen LogP contribution in [-0.4, -0.2) is 6.04 Å². The molecule has 0 spiro atoms. The Kier molecular flexibility index (Phi) is 2.93. The minimum absolute atomic E-state index is 0.204. The van der Waals surface area contributed by atoms with Gasteiger partial charge < -0.3 is 10.2 Å². The van der Waals surface area contributed by atoms with Crippen molar-refractivity contribution in [2.75, 3.05) is 0 Å². The normalized spacial score (nSPS) is 13.8. The van der Waals surface area contributed by atoms with E-state index in [0.29, 0.717) is 5.92 Å². The molecule has 0 aliphatic carbocycles. The molecule has 0 saturated carbocycles. The summed E-state index contributed by atoms with van der Waals surface area (Å²) in [5, 5.41) is 0. The highest BCUT2D eigenvalue weighted by Crippen LogP contribution is 2.11. The topological polar surface area (TPSA) is 39.2 Å². The quantitative estimate of drug-likeness (QED) is 0.749. The van der Waals surface area contributed by atoms with Crippen LogP contribution in [-0.2, 0) is 6.42 Å². The molecule has 0 aromatic carbocycles. The van der Waals surface area contributed by atoms with Gasteiger partial charge in [0.2, 0.25) is 0 Å². The first-order chi connectivity index (χ1) is 5.59. The molecule has 1 aromatic heterocycles. The fraction of sp³-hybridized carbons (Fsp3) is 0.600. The molecule has 0 bridgehead atoms. The lowest BCUT2D eigenvalue weighted by Crippen LogP contribution is -2.28. The smallest absolute Gasteiger partial charge is 0.105 e. The first kappa shape index (κ1) is 9.33. The summed E-state index contributed by atoms with van der Waals surface area (Å²) in [5.41, 5.74) is 5.90. The van der Waals surface area contributed by atoms with Crippen molar-refractivity contribution < 1.29 is 4.42 Å². The van der Waals surface area contributed by atoms with E-state index in [1.165, 1.54) is 0 Å². The van der Waals surface area contributed by atoms with Crippen LogP contribution in [0.25, 0.3) is 0 Å². The summed E-state index contributed by atoms with van der Waals surface area (Å²) < 4.78 is 5.42. The maximum atomic E-state index is 5.90. The van der Waals surface area contributed by atoms with E-state index >= 15 is 0 Å². The Balaban J connectivity index is 2.52. The fourth-order valence-corrected chi connectivity index (χ4v) is 1.06. The third kappa shape index (κ3) is 2.38. The average Bonchev–Trinajstić information content (AvgIpc) is 2.35. The van der Waals surface area contributed by atoms with Crippen LogP contribution in [0, 0.1) is 12.8 Å². The van der Waals surface area contributed by atoms with E-state index in [1.807, 2.05) is 19.1 Å². The summed E-state index contributed by atoms with van der Waals surface area (Å²) >= 11 is 0. The van der Waals surface area contributed by atoms with Crippen molar-refractivity contribution in [1.82, 2.24) is 0 Å². The summed E-state index contributed by atoms with van der Waals surface area (Å²) in [5.74, 6) is 2.46. The summed E-state index contributed by atoms with van der Waals surface area (Å²) in [6.45, 7) is 6.20. The second-order valence-electron chi connectivity index (χ2n) is 3.62. The van der Waals surface area contributed by atoms with Gasteiger partial charge in [0, 0.05) is 12.5 Å². The third-order valence-electron chi connectivity index (χ3n) is 2.09. The van der Waals surface area contributed by atoms with Gasteiger partial charge in [0.05, 0.1) is 0 Å². The van der Waals surface area contributed by atoms with Gasteiger partial charge in [-0.1, -0.05) is 13.8 Å². The van der Waals surface area contributed by atoms with Crippen LogP contribution in [0.5, 0.6) is 0 Å². The van der Waals surface area contributed by atoms with E-state index in [0.717, 1.165) is 17.9 Å². The van der Waals surface area contributed by atoms with Crippen molar-refractivity contribution in [3.63, 3.8) is 0 Å². The predicted octanol–water partition coefficient (Wildman–Crippen LogP) is 2.11. The minimum Gasteiger partial charge on any atom is -0.466 e. The molecule has 0 amide bonds. The highest BCUT2D eigenvalue weighted by atomic mass is 16.3. The molecule has 68 valence electrons. The molecule has 1 heterocycles. The number of hydrogen-bond acceptors (Lipinski definition) is 2. The van der Waals surface area contributed by atoms with Crippen molar-refractivity contribution in [1.29, 1.82) is 0 Å². The van der Waals surface area contributed by atoms with Crippen molar-refractivity contribution in [3.8, 4) is 0 Å². The molecule has 0 saturated heterocycles. The monoisotopic (exact) mass is 167 g/mol. The molecule has 1 atom stereocenters. The second kappa shape index (κ2) is 3.76. The van der Waals surface area contributed by atoms with Gasteiger partial charge >= 0.3 is 0 Å². The van der Waals surface area contributed by atoms with E-state index < -0.39 is 0 Å². The molecule has 1 rings (SSSR count). The fourth-order valence-electron chi connectivity index (χ4n) is 1.06. The summed E-state index contributed by atoms with van der Waals surface area (Å²) in [6.07, 6.45) is 0.839. The minimum atomic E-state index is 0.204. The molecule has 2 heteroatoms. The number of hydrogen-bond donors (Lipinski definition) is 1. The Morgan fingerprint density at radius 1 is 1.42 bits per heavy atom. The van der Waals surface area contributed by atoms with Crippen LogP contribution in [0.3, 0.4) is 0 Å². The zero-order valence-electron chi connectivity index (χ0n) is 8.00. The number of nitrogens with two attached hydrogens (primary N) is 1. The van der Waals surface area contributed by atoms with E-state index in [4.69, 9.17) is 10.2 Å². The largest absolute Gasteiger partial charge is 0.466 e. The average molecular weight is 167 g/mol. The number of furan rings is 1. The predicted molar refractivity (Wildman–Crippen MR) is 50.0 cm³/mol. The van der Waals surface area contributed by atoms with Gasteiger partial charge in [0.15, 0.2) is 0 Å². The molecule has 0 fully saturated rings. The molecular formula is C10H17NO. The van der Waals surface area contributed by atoms with Crippen LogP contribution < -0.4 is 5.73 Å². The lowest BCUT2D eigenvalue weighted by Gasteiger charge is -2.13. The van der Waals surface area contributed by atoms with Crippen molar-refractivity contribution in [2.24, 2.45) is 11.7 Å². The molecule has 0 radical (unpaired) electrons. The van der Waals surface area contributed by atoms with E-state index in [1.54, 1.807) is 0 Å². The SMILES string of the molecule is Cc1ccc(CC(N)C(C)C)o1. The van der Waals surface area contributed by atoms with Crippen LogP contribution in [0.15, 0.2) is 16.5 Å². The Labute approximate surface area is 73.8 Å². The molecule has 1 aromatic rings. The molecule has 0 aliphatic rings. The maximum Gasteiger partial charge on any atom is 0.105 e. The van der Waals surface area contributed by atoms with E-state index in [2.05, 4.69) is 13.8 Å². The van der Waals surface area contributed by atoms with Crippen LogP contribution in [0.2, 0.25) is 0 Å². The number of aryl methyl sites for hydroxylation is 1. The van der Waals surface area contributed by atoms with Crippen molar-refractivity contribution >= 4 is 0 Å². The van der Waals surface area contributed by atoms with Gasteiger partial charge in [0.1, 0.15) is 11.5 Å². The number of rotatable bonds is 3. The summed E-state index contributed by atoms with van der Waals surface area (Å²) in [4.78, 5) is 0. The highest BCUT2D eigenvalue weighted by Gasteiger charge is 2.10. The van der Waals surface area contributed by atoms with Crippen molar-refractivity contribution in [2.45, 2.75) is 33.2 Å². The Morgan fingerprint density at radius 3 is 2.50 bits per heavy atom. The Morgan fingerprint density at radius 2 is 2.08 bits per heavy atom. The van der Waals surface area contributed by atoms with E-state index in [-0.39, 0.29) is 6.04 Å². The van der Waals surface area contributed by atoms with Crippen LogP contribution in [0.4, 0.5) is 0 Å². The van der Waals surface area contributed by atoms with Crippen molar-refractivity contribution in [3.05, 3.63) is 23.7 Å². The second-order valence-corrected chi connectivity index (χ2v) is 3.62. The summed E-state index contributed by atoms with van der Waals surface area (Å²) in [6, 6.07) is 4.18. The first-order valence-electron chi connectivity index (χ1n) is 4.40. The first-order valence-corrected chi connectivity index (χ1v) is 4.40. The van der Waals surface area contributed by atoms with E-state index in [9.17, 15) is 0 Å². The zero-order valence-corrected chi connectivity index (χ0v) is 8.00. The van der Waals surface area contributed by atoms with Gasteiger partial charge in [0.25, 0.3) is 0 Å². The molecule has 0 aliphatic heterocycles. The van der Waals surface area contributed by atoms with Gasteiger partial charge in [-0.25, -0.2) is 0 Å². The van der Waals surface area contributed by atoms with Gasteiger partial charge in [-0.05, 0) is 25.0 Å². The lowest BCUT2D eigenvalue weighted by molar-refractivity contribution is 0.420. The maximum absolute atomic E-state index is 5.90. The molecule has 1 unspecified atom stereocenters. The lowest BCUT2D eigenvalue weighted by atomic mass is 10.0. The molecule has 2 N–H and O–H groups in total. The highest BCUT2D eigenvalue weighted by molar-refractivity contribution is 5.06. The Bertz CT molecular complexity index is 240. The summed E-state index contributed by atoms with van der Waals surface area (Å²) in [7, 11) is 0.